The highest BCUT2D eigenvalue weighted by atomic mass is 16.2. The summed E-state index contributed by atoms with van der Waals surface area (Å²) in [5, 5.41) is 2.97. The molecule has 0 aromatic heterocycles. The van der Waals surface area contributed by atoms with Gasteiger partial charge in [-0.1, -0.05) is 60.7 Å². The third-order valence-corrected chi connectivity index (χ3v) is 5.26. The summed E-state index contributed by atoms with van der Waals surface area (Å²) in [6.45, 7) is 5.28. The largest absolute Gasteiger partial charge is 0.339 e. The van der Waals surface area contributed by atoms with Gasteiger partial charge in [-0.05, 0) is 49.2 Å². The molecule has 3 aromatic rings. The summed E-state index contributed by atoms with van der Waals surface area (Å²) in [6.07, 6.45) is 0.341. The Morgan fingerprint density at radius 2 is 1.27 bits per heavy atom. The Hall–Kier alpha value is -3.40. The number of benzene rings is 3. The number of carbonyl (C=O) groups excluding carboxylic acids is 2. The highest BCUT2D eigenvalue weighted by molar-refractivity contribution is 5.96. The first-order chi connectivity index (χ1) is 14.6. The third-order valence-electron chi connectivity index (χ3n) is 5.26. The number of rotatable bonds is 8. The zero-order chi connectivity index (χ0) is 21.3. The second-order valence-electron chi connectivity index (χ2n) is 7.18. The summed E-state index contributed by atoms with van der Waals surface area (Å²) >= 11 is 0. The van der Waals surface area contributed by atoms with Crippen LogP contribution in [0.3, 0.4) is 0 Å². The van der Waals surface area contributed by atoms with Crippen molar-refractivity contribution in [1.29, 1.82) is 0 Å². The second-order valence-corrected chi connectivity index (χ2v) is 7.18. The monoisotopic (exact) mass is 400 g/mol. The Labute approximate surface area is 178 Å². The molecule has 0 atom stereocenters. The zero-order valence-corrected chi connectivity index (χ0v) is 17.5. The van der Waals surface area contributed by atoms with Gasteiger partial charge >= 0.3 is 0 Å². The molecule has 0 aliphatic rings. The normalized spacial score (nSPS) is 10.6. The van der Waals surface area contributed by atoms with Crippen LogP contribution in [0.25, 0.3) is 0 Å². The molecule has 1 N–H and O–H groups in total. The maximum Gasteiger partial charge on any atom is 0.253 e. The molecule has 4 heteroatoms. The molecule has 0 unspecified atom stereocenters. The van der Waals surface area contributed by atoms with Gasteiger partial charge in [-0.15, -0.1) is 0 Å². The number of nitrogens with one attached hydrogen (secondary N) is 1. The first-order valence-electron chi connectivity index (χ1n) is 10.4. The van der Waals surface area contributed by atoms with Gasteiger partial charge in [0.25, 0.3) is 5.91 Å². The lowest BCUT2D eigenvalue weighted by Crippen LogP contribution is -2.30. The molecular weight excluding hydrogens is 372 g/mol. The second kappa shape index (κ2) is 10.4. The lowest BCUT2D eigenvalue weighted by atomic mass is 9.88. The van der Waals surface area contributed by atoms with Gasteiger partial charge in [0.05, 0.1) is 0 Å². The maximum atomic E-state index is 12.8. The molecule has 3 rings (SSSR count). The van der Waals surface area contributed by atoms with Crippen molar-refractivity contribution in [3.05, 3.63) is 102 Å². The van der Waals surface area contributed by atoms with Crippen molar-refractivity contribution in [2.45, 2.75) is 26.2 Å². The van der Waals surface area contributed by atoms with Crippen LogP contribution >= 0.6 is 0 Å². The fraction of sp³-hybridized carbons (Fsp3) is 0.231. The van der Waals surface area contributed by atoms with Crippen LogP contribution in [0, 0.1) is 0 Å². The van der Waals surface area contributed by atoms with E-state index in [-0.39, 0.29) is 17.7 Å². The highest BCUT2D eigenvalue weighted by Gasteiger charge is 2.18. The third kappa shape index (κ3) is 5.35. The van der Waals surface area contributed by atoms with Crippen LogP contribution < -0.4 is 5.32 Å². The summed E-state index contributed by atoms with van der Waals surface area (Å²) in [6, 6.07) is 27.3. The lowest BCUT2D eigenvalue weighted by Gasteiger charge is -2.19. The van der Waals surface area contributed by atoms with Gasteiger partial charge < -0.3 is 10.2 Å². The van der Waals surface area contributed by atoms with Crippen LogP contribution in [-0.2, 0) is 4.79 Å². The van der Waals surface area contributed by atoms with Gasteiger partial charge in [-0.25, -0.2) is 0 Å². The van der Waals surface area contributed by atoms with Crippen molar-refractivity contribution >= 4 is 17.5 Å². The average molecular weight is 401 g/mol. The number of amides is 2. The standard InChI is InChI=1S/C26H28N2O2/c1-3-28(4-2)26(30)22-15-17-23(18-16-22)27-25(29)19-24(20-11-7-5-8-12-20)21-13-9-6-10-14-21/h5-18,24H,3-4,19H2,1-2H3,(H,27,29). The van der Waals surface area contributed by atoms with Crippen molar-refractivity contribution in [2.75, 3.05) is 18.4 Å². The van der Waals surface area contributed by atoms with Crippen molar-refractivity contribution in [3.8, 4) is 0 Å². The first kappa shape index (κ1) is 21.3. The van der Waals surface area contributed by atoms with E-state index in [1.807, 2.05) is 50.2 Å². The van der Waals surface area contributed by atoms with Gasteiger partial charge in [0.2, 0.25) is 5.91 Å². The Bertz CT molecular complexity index is 910. The Morgan fingerprint density at radius 1 is 0.767 bits per heavy atom. The summed E-state index contributed by atoms with van der Waals surface area (Å²) in [7, 11) is 0. The predicted octanol–water partition coefficient (Wildman–Crippen LogP) is 5.33. The van der Waals surface area contributed by atoms with E-state index < -0.39 is 0 Å². The topological polar surface area (TPSA) is 49.4 Å². The minimum Gasteiger partial charge on any atom is -0.339 e. The van der Waals surface area contributed by atoms with E-state index in [1.54, 1.807) is 29.2 Å². The van der Waals surface area contributed by atoms with Crippen LogP contribution in [-0.4, -0.2) is 29.8 Å². The molecule has 154 valence electrons. The molecule has 0 saturated heterocycles. The molecule has 0 aliphatic carbocycles. The molecule has 0 bridgehead atoms. The minimum absolute atomic E-state index is 0.00564. The van der Waals surface area contributed by atoms with E-state index in [9.17, 15) is 9.59 Å². The predicted molar refractivity (Wildman–Crippen MR) is 122 cm³/mol. The van der Waals surface area contributed by atoms with Crippen LogP contribution in [0.15, 0.2) is 84.9 Å². The summed E-state index contributed by atoms with van der Waals surface area (Å²) in [5.74, 6) is -0.0717. The van der Waals surface area contributed by atoms with Crippen molar-refractivity contribution in [3.63, 3.8) is 0 Å². The molecule has 0 aliphatic heterocycles. The lowest BCUT2D eigenvalue weighted by molar-refractivity contribution is -0.116. The van der Waals surface area contributed by atoms with Crippen molar-refractivity contribution in [2.24, 2.45) is 0 Å². The number of hydrogen-bond donors (Lipinski definition) is 1. The number of nitrogens with zero attached hydrogens (tertiary/aromatic N) is 1. The van der Waals surface area contributed by atoms with Crippen LogP contribution in [0.2, 0.25) is 0 Å². The summed E-state index contributed by atoms with van der Waals surface area (Å²) in [5.41, 5.74) is 3.54. The number of anilines is 1. The molecule has 0 heterocycles. The van der Waals surface area contributed by atoms with Crippen molar-refractivity contribution < 1.29 is 9.59 Å². The molecule has 0 radical (unpaired) electrons. The zero-order valence-electron chi connectivity index (χ0n) is 17.5. The van der Waals surface area contributed by atoms with Gasteiger partial charge in [-0.3, -0.25) is 9.59 Å². The van der Waals surface area contributed by atoms with E-state index in [4.69, 9.17) is 0 Å². The van der Waals surface area contributed by atoms with E-state index in [1.165, 1.54) is 0 Å². The summed E-state index contributed by atoms with van der Waals surface area (Å²) in [4.78, 5) is 27.0. The van der Waals surface area contributed by atoms with E-state index in [0.717, 1.165) is 11.1 Å². The van der Waals surface area contributed by atoms with Crippen LogP contribution in [0.4, 0.5) is 5.69 Å². The fourth-order valence-electron chi connectivity index (χ4n) is 3.59. The molecule has 4 nitrogen and oxygen atoms in total. The first-order valence-corrected chi connectivity index (χ1v) is 10.4. The fourth-order valence-corrected chi connectivity index (χ4v) is 3.59. The smallest absolute Gasteiger partial charge is 0.253 e. The maximum absolute atomic E-state index is 12.8. The van der Waals surface area contributed by atoms with Crippen LogP contribution in [0.5, 0.6) is 0 Å². The van der Waals surface area contributed by atoms with Gasteiger partial charge in [0, 0.05) is 36.7 Å². The number of hydrogen-bond acceptors (Lipinski definition) is 2. The molecular formula is C26H28N2O2. The van der Waals surface area contributed by atoms with Gasteiger partial charge in [0.15, 0.2) is 0 Å². The molecule has 0 fully saturated rings. The van der Waals surface area contributed by atoms with E-state index >= 15 is 0 Å². The Balaban J connectivity index is 1.71. The molecule has 2 amide bonds. The molecule has 0 saturated carbocycles. The Morgan fingerprint density at radius 3 is 1.73 bits per heavy atom. The molecule has 0 spiro atoms. The highest BCUT2D eigenvalue weighted by Crippen LogP contribution is 2.28. The molecule has 30 heavy (non-hydrogen) atoms. The van der Waals surface area contributed by atoms with Gasteiger partial charge in [-0.2, -0.15) is 0 Å². The summed E-state index contributed by atoms with van der Waals surface area (Å²) < 4.78 is 0. The minimum atomic E-state index is -0.0597. The van der Waals surface area contributed by atoms with Crippen molar-refractivity contribution in [1.82, 2.24) is 4.90 Å². The number of carbonyl (C=O) groups is 2. The average Bonchev–Trinajstić information content (AvgIpc) is 2.80. The SMILES string of the molecule is CCN(CC)C(=O)c1ccc(NC(=O)CC(c2ccccc2)c2ccccc2)cc1. The quantitative estimate of drug-likeness (QED) is 0.556. The molecule has 3 aromatic carbocycles. The van der Waals surface area contributed by atoms with Gasteiger partial charge in [0.1, 0.15) is 0 Å². The van der Waals surface area contributed by atoms with E-state index in [0.29, 0.717) is 30.8 Å². The van der Waals surface area contributed by atoms with Crippen LogP contribution in [0.1, 0.15) is 47.7 Å². The Kier molecular flexibility index (Phi) is 7.39. The van der Waals surface area contributed by atoms with E-state index in [2.05, 4.69) is 29.6 Å².